The normalized spacial score (nSPS) is 11.2. The number of benzene rings is 1. The van der Waals surface area contributed by atoms with Gasteiger partial charge in [0.2, 0.25) is 5.91 Å². The number of terminal acetylenes is 1. The summed E-state index contributed by atoms with van der Waals surface area (Å²) in [4.78, 5) is 67.1. The number of thiophene rings is 1. The summed E-state index contributed by atoms with van der Waals surface area (Å²) >= 11 is 3.16. The zero-order chi connectivity index (χ0) is 30.8. The molecule has 3 aromatic rings. The van der Waals surface area contributed by atoms with Crippen LogP contribution in [-0.2, 0) is 30.3 Å². The van der Waals surface area contributed by atoms with E-state index in [9.17, 15) is 24.0 Å². The number of hydrogen-bond acceptors (Lipinski definition) is 11. The Morgan fingerprint density at radius 1 is 0.976 bits per heavy atom. The monoisotopic (exact) mass is 631 g/mol. The summed E-state index contributed by atoms with van der Waals surface area (Å²) in [5.41, 5.74) is 1.53. The Morgan fingerprint density at radius 2 is 1.64 bits per heavy atom. The fraction of sp³-hybridized carbons (Fsp3) is 0.357. The third-order valence-electron chi connectivity index (χ3n) is 5.46. The van der Waals surface area contributed by atoms with Gasteiger partial charge in [0.15, 0.2) is 4.80 Å². The summed E-state index contributed by atoms with van der Waals surface area (Å²) in [5.74, 6) is -0.371. The lowest BCUT2D eigenvalue weighted by molar-refractivity contribution is -0.115. The molecule has 2 heterocycles. The van der Waals surface area contributed by atoms with Crippen molar-refractivity contribution in [3.8, 4) is 12.3 Å². The molecule has 2 amide bonds. The van der Waals surface area contributed by atoms with Crippen LogP contribution in [0.2, 0.25) is 0 Å². The van der Waals surface area contributed by atoms with E-state index < -0.39 is 29.7 Å². The van der Waals surface area contributed by atoms with Crippen molar-refractivity contribution >= 4 is 79.4 Å². The zero-order valence-electron chi connectivity index (χ0n) is 23.4. The second-order valence-electron chi connectivity index (χ2n) is 8.33. The van der Waals surface area contributed by atoms with Crippen molar-refractivity contribution in [2.45, 2.75) is 34.2 Å². The van der Waals surface area contributed by atoms with Crippen LogP contribution in [0.4, 0.5) is 5.00 Å². The quantitative estimate of drug-likeness (QED) is 0.178. The predicted molar refractivity (Wildman–Crippen MR) is 162 cm³/mol. The second kappa shape index (κ2) is 15.3. The van der Waals surface area contributed by atoms with Crippen LogP contribution in [0.25, 0.3) is 10.2 Å². The molecule has 0 aliphatic carbocycles. The highest BCUT2D eigenvalue weighted by Crippen LogP contribution is 2.34. The number of thiazole rings is 1. The Balaban J connectivity index is 1.72. The van der Waals surface area contributed by atoms with Crippen molar-refractivity contribution in [2.75, 3.05) is 36.6 Å². The number of aromatic nitrogens is 1. The van der Waals surface area contributed by atoms with Crippen LogP contribution in [0, 0.1) is 19.3 Å². The number of rotatable bonds is 12. The maximum absolute atomic E-state index is 12.7. The van der Waals surface area contributed by atoms with E-state index in [0.29, 0.717) is 20.6 Å². The Bertz CT molecular complexity index is 1630. The molecule has 0 saturated carbocycles. The van der Waals surface area contributed by atoms with E-state index in [1.54, 1.807) is 50.5 Å². The van der Waals surface area contributed by atoms with Crippen molar-refractivity contribution in [3.63, 3.8) is 0 Å². The first kappa shape index (κ1) is 32.6. The number of nitrogens with zero attached hydrogens (tertiary/aromatic N) is 2. The van der Waals surface area contributed by atoms with Gasteiger partial charge in [-0.25, -0.2) is 14.4 Å². The predicted octanol–water partition coefficient (Wildman–Crippen LogP) is 4.04. The lowest BCUT2D eigenvalue weighted by Crippen LogP contribution is -2.19. The van der Waals surface area contributed by atoms with E-state index in [4.69, 9.17) is 20.6 Å². The molecule has 0 aliphatic rings. The topological polar surface area (TPSA) is 142 Å². The molecular formula is C28H29N3O8S3. The largest absolute Gasteiger partial charge is 0.462 e. The number of esters is 3. The first-order chi connectivity index (χ1) is 20.1. The number of anilines is 1. The van der Waals surface area contributed by atoms with Crippen LogP contribution in [0.15, 0.2) is 23.2 Å². The zero-order valence-corrected chi connectivity index (χ0v) is 25.9. The lowest BCUT2D eigenvalue weighted by Gasteiger charge is -2.07. The van der Waals surface area contributed by atoms with Gasteiger partial charge in [-0.05, 0) is 51.5 Å². The highest BCUT2D eigenvalue weighted by atomic mass is 32.2. The summed E-state index contributed by atoms with van der Waals surface area (Å²) in [6, 6.07) is 5.01. The minimum atomic E-state index is -0.670. The van der Waals surface area contributed by atoms with E-state index in [-0.39, 0.29) is 53.3 Å². The molecule has 0 radical (unpaired) electrons. The molecule has 0 atom stereocenters. The van der Waals surface area contributed by atoms with E-state index in [1.807, 2.05) is 0 Å². The number of carbonyl (C=O) groups excluding carboxylic acids is 5. The van der Waals surface area contributed by atoms with E-state index in [2.05, 4.69) is 16.2 Å². The van der Waals surface area contributed by atoms with Gasteiger partial charge < -0.3 is 24.1 Å². The van der Waals surface area contributed by atoms with Gasteiger partial charge in [0.1, 0.15) is 9.88 Å². The van der Waals surface area contributed by atoms with Crippen molar-refractivity contribution in [3.05, 3.63) is 44.6 Å². The summed E-state index contributed by atoms with van der Waals surface area (Å²) in [7, 11) is 0. The van der Waals surface area contributed by atoms with Gasteiger partial charge in [0.25, 0.3) is 5.91 Å². The molecule has 0 unspecified atom stereocenters. The maximum Gasteiger partial charge on any atom is 0.348 e. The summed E-state index contributed by atoms with van der Waals surface area (Å²) in [5, 5.41) is 2.81. The molecule has 1 aromatic carbocycles. The molecule has 1 N–H and O–H groups in total. The van der Waals surface area contributed by atoms with Crippen molar-refractivity contribution in [1.82, 2.24) is 4.57 Å². The van der Waals surface area contributed by atoms with Crippen LogP contribution >= 0.6 is 34.4 Å². The highest BCUT2D eigenvalue weighted by Gasteiger charge is 2.27. The molecule has 14 heteroatoms. The van der Waals surface area contributed by atoms with Crippen LogP contribution in [0.1, 0.15) is 56.7 Å². The van der Waals surface area contributed by atoms with Crippen LogP contribution in [-0.4, -0.2) is 65.6 Å². The fourth-order valence-electron chi connectivity index (χ4n) is 3.72. The van der Waals surface area contributed by atoms with Gasteiger partial charge in [-0.1, -0.05) is 17.3 Å². The third kappa shape index (κ3) is 7.87. The van der Waals surface area contributed by atoms with Crippen LogP contribution in [0.5, 0.6) is 0 Å². The standard InChI is InChI=1S/C28H29N3O8S3/c1-6-12-31-18-11-10-17(25(34)37-7-2)13-19(18)41-28(31)30-21(33)15-40-14-20(32)29-24-22(26(35)38-8-3)16(5)23(42-24)27(36)39-9-4/h1,10-11,13H,7-9,12,14-15H2,2-5H3,(H,29,32). The van der Waals surface area contributed by atoms with Crippen molar-refractivity contribution in [1.29, 1.82) is 0 Å². The van der Waals surface area contributed by atoms with E-state index in [0.717, 1.165) is 28.6 Å². The number of nitrogens with one attached hydrogen (secondary N) is 1. The molecule has 11 nitrogen and oxygen atoms in total. The van der Waals surface area contributed by atoms with Gasteiger partial charge in [0.05, 0.1) is 59.2 Å². The molecule has 0 aliphatic heterocycles. The molecule has 2 aromatic heterocycles. The van der Waals surface area contributed by atoms with E-state index >= 15 is 0 Å². The molecule has 42 heavy (non-hydrogen) atoms. The van der Waals surface area contributed by atoms with Crippen molar-refractivity contribution < 1.29 is 38.2 Å². The van der Waals surface area contributed by atoms with Gasteiger partial charge >= 0.3 is 17.9 Å². The molecule has 0 bridgehead atoms. The van der Waals surface area contributed by atoms with Gasteiger partial charge in [0, 0.05) is 0 Å². The third-order valence-corrected chi connectivity index (χ3v) is 8.61. The first-order valence-corrected chi connectivity index (χ1v) is 15.6. The molecular weight excluding hydrogens is 603 g/mol. The fourth-order valence-corrected chi connectivity index (χ4v) is 6.51. The highest BCUT2D eigenvalue weighted by molar-refractivity contribution is 8.00. The number of amides is 2. The number of fused-ring (bicyclic) bond motifs is 1. The number of hydrogen-bond donors (Lipinski definition) is 1. The average molecular weight is 632 g/mol. The van der Waals surface area contributed by atoms with Crippen LogP contribution < -0.4 is 10.1 Å². The summed E-state index contributed by atoms with van der Waals surface area (Å²) in [6.07, 6.45) is 5.52. The van der Waals surface area contributed by atoms with E-state index in [1.165, 1.54) is 11.3 Å². The minimum Gasteiger partial charge on any atom is -0.462 e. The Kier molecular flexibility index (Phi) is 11.9. The first-order valence-electron chi connectivity index (χ1n) is 12.8. The molecule has 0 saturated heterocycles. The minimum absolute atomic E-state index is 0.0864. The van der Waals surface area contributed by atoms with Gasteiger partial charge in [-0.2, -0.15) is 4.99 Å². The molecule has 222 valence electrons. The van der Waals surface area contributed by atoms with Crippen LogP contribution in [0.3, 0.4) is 0 Å². The Hall–Kier alpha value is -3.93. The van der Waals surface area contributed by atoms with Gasteiger partial charge in [-0.3, -0.25) is 9.59 Å². The average Bonchev–Trinajstić information content (AvgIpc) is 3.45. The summed E-state index contributed by atoms with van der Waals surface area (Å²) in [6.45, 7) is 7.30. The second-order valence-corrected chi connectivity index (χ2v) is 11.3. The molecule has 0 spiro atoms. The van der Waals surface area contributed by atoms with Crippen molar-refractivity contribution in [2.24, 2.45) is 4.99 Å². The summed E-state index contributed by atoms with van der Waals surface area (Å²) < 4.78 is 17.6. The number of thioether (sulfide) groups is 1. The SMILES string of the molecule is C#CCn1c(=NC(=O)CSCC(=O)Nc2sc(C(=O)OCC)c(C)c2C(=O)OCC)sc2cc(C(=O)OCC)ccc21. The molecule has 3 rings (SSSR count). The maximum atomic E-state index is 12.7. The number of ether oxygens (including phenoxy) is 3. The smallest absolute Gasteiger partial charge is 0.348 e. The Morgan fingerprint density at radius 3 is 2.31 bits per heavy atom. The lowest BCUT2D eigenvalue weighted by atomic mass is 10.1. The number of carbonyl (C=O) groups is 5. The van der Waals surface area contributed by atoms with Gasteiger partial charge in [-0.15, -0.1) is 29.5 Å². The Labute approximate surface area is 254 Å². The molecule has 0 fully saturated rings.